The summed E-state index contributed by atoms with van der Waals surface area (Å²) in [5.74, 6) is 0.368. The summed E-state index contributed by atoms with van der Waals surface area (Å²) in [5, 5.41) is 6.36. The Labute approximate surface area is 216 Å². The Morgan fingerprint density at radius 2 is 1.86 bits per heavy atom. The number of carbonyl (C=O) groups excluding carboxylic acids is 1. The van der Waals surface area contributed by atoms with Gasteiger partial charge in [0.05, 0.1) is 5.56 Å². The molecular weight excluding hydrogens is 446 g/mol. The molecule has 3 aromatic rings. The first-order chi connectivity index (χ1) is 17.4. The van der Waals surface area contributed by atoms with Gasteiger partial charge < -0.3 is 15.5 Å². The van der Waals surface area contributed by atoms with Crippen LogP contribution in [0, 0.1) is 0 Å². The van der Waals surface area contributed by atoms with Gasteiger partial charge in [-0.05, 0) is 90.9 Å². The first-order valence-electron chi connectivity index (χ1n) is 12.8. The summed E-state index contributed by atoms with van der Waals surface area (Å²) in [6.07, 6.45) is 13.3. The van der Waals surface area contributed by atoms with Gasteiger partial charge in [-0.25, -0.2) is 4.98 Å². The van der Waals surface area contributed by atoms with E-state index in [1.807, 2.05) is 18.2 Å². The Hall–Kier alpha value is -3.51. The highest BCUT2D eigenvalue weighted by molar-refractivity contribution is 6.07. The molecule has 0 saturated carbocycles. The van der Waals surface area contributed by atoms with Crippen LogP contribution in [0.5, 0.6) is 0 Å². The SMILES string of the molecule is CC(C)(C)c1ccc(NC(=O)c2cccnc2NCc2ccncc2)cc1/C=C/CCN1CCCC1.[HH]. The number of rotatable bonds is 9. The molecule has 190 valence electrons. The monoisotopic (exact) mass is 485 g/mol. The largest absolute Gasteiger partial charge is 0.365 e. The molecule has 0 unspecified atom stereocenters. The van der Waals surface area contributed by atoms with Gasteiger partial charge in [-0.1, -0.05) is 39.0 Å². The molecule has 36 heavy (non-hydrogen) atoms. The number of aromatic nitrogens is 2. The smallest absolute Gasteiger partial charge is 0.259 e. The molecule has 0 aliphatic carbocycles. The Bertz CT molecular complexity index is 1180. The minimum Gasteiger partial charge on any atom is -0.365 e. The van der Waals surface area contributed by atoms with E-state index in [1.165, 1.54) is 31.5 Å². The van der Waals surface area contributed by atoms with E-state index in [4.69, 9.17) is 0 Å². The predicted molar refractivity (Wildman–Crippen MR) is 150 cm³/mol. The zero-order valence-corrected chi connectivity index (χ0v) is 21.6. The van der Waals surface area contributed by atoms with Crippen molar-refractivity contribution >= 4 is 23.5 Å². The van der Waals surface area contributed by atoms with Crippen molar-refractivity contribution in [1.82, 2.24) is 14.9 Å². The molecule has 3 heterocycles. The summed E-state index contributed by atoms with van der Waals surface area (Å²) in [6, 6.07) is 13.6. The van der Waals surface area contributed by atoms with E-state index in [9.17, 15) is 4.79 Å². The lowest BCUT2D eigenvalue weighted by Crippen LogP contribution is -2.19. The summed E-state index contributed by atoms with van der Waals surface area (Å²) in [6.45, 7) is 10.8. The third-order valence-electron chi connectivity index (χ3n) is 6.49. The first-order valence-corrected chi connectivity index (χ1v) is 12.8. The van der Waals surface area contributed by atoms with Crippen molar-refractivity contribution in [2.75, 3.05) is 30.3 Å². The Balaban J connectivity index is 0.00000380. The fourth-order valence-electron chi connectivity index (χ4n) is 4.55. The zero-order valence-electron chi connectivity index (χ0n) is 21.6. The fourth-order valence-corrected chi connectivity index (χ4v) is 4.55. The normalized spacial score (nSPS) is 14.3. The molecule has 2 N–H and O–H groups in total. The number of pyridine rings is 2. The maximum Gasteiger partial charge on any atom is 0.259 e. The number of nitrogens with zero attached hydrogens (tertiary/aromatic N) is 3. The topological polar surface area (TPSA) is 70.1 Å². The third kappa shape index (κ3) is 7.01. The molecule has 2 aromatic heterocycles. The average Bonchev–Trinajstić information content (AvgIpc) is 3.39. The Morgan fingerprint density at radius 1 is 1.08 bits per heavy atom. The zero-order chi connectivity index (χ0) is 25.4. The van der Waals surface area contributed by atoms with Gasteiger partial charge in [-0.3, -0.25) is 9.78 Å². The van der Waals surface area contributed by atoms with Gasteiger partial charge >= 0.3 is 0 Å². The molecule has 0 radical (unpaired) electrons. The van der Waals surface area contributed by atoms with Gasteiger partial charge in [-0.15, -0.1) is 0 Å². The molecule has 1 fully saturated rings. The van der Waals surface area contributed by atoms with Gasteiger partial charge in [0.2, 0.25) is 0 Å². The van der Waals surface area contributed by atoms with E-state index in [0.717, 1.165) is 29.8 Å². The lowest BCUT2D eigenvalue weighted by atomic mass is 9.83. The summed E-state index contributed by atoms with van der Waals surface area (Å²) in [4.78, 5) is 24.2. The van der Waals surface area contributed by atoms with Crippen LogP contribution in [0.25, 0.3) is 6.08 Å². The molecule has 6 nitrogen and oxygen atoms in total. The number of nitrogens with one attached hydrogen (secondary N) is 2. The molecule has 6 heteroatoms. The van der Waals surface area contributed by atoms with Crippen molar-refractivity contribution in [3.05, 3.63) is 89.4 Å². The van der Waals surface area contributed by atoms with Crippen molar-refractivity contribution in [3.63, 3.8) is 0 Å². The number of likely N-dealkylation sites (tertiary alicyclic amines) is 1. The van der Waals surface area contributed by atoms with Crippen LogP contribution < -0.4 is 10.6 Å². The van der Waals surface area contributed by atoms with E-state index < -0.39 is 0 Å². The molecule has 0 spiro atoms. The number of hydrogen-bond acceptors (Lipinski definition) is 5. The number of anilines is 2. The molecule has 0 bridgehead atoms. The highest BCUT2D eigenvalue weighted by Crippen LogP contribution is 2.29. The molecule has 1 aromatic carbocycles. The highest BCUT2D eigenvalue weighted by atomic mass is 16.1. The molecule has 4 rings (SSSR count). The second-order valence-electron chi connectivity index (χ2n) is 10.4. The summed E-state index contributed by atoms with van der Waals surface area (Å²) in [7, 11) is 0. The fraction of sp³-hybridized carbons (Fsp3) is 0.367. The van der Waals surface area contributed by atoms with Gasteiger partial charge in [0, 0.05) is 38.8 Å². The quantitative estimate of drug-likeness (QED) is 0.368. The van der Waals surface area contributed by atoms with Crippen molar-refractivity contribution < 1.29 is 6.22 Å². The van der Waals surface area contributed by atoms with Gasteiger partial charge in [0.1, 0.15) is 5.82 Å². The van der Waals surface area contributed by atoms with Crippen LogP contribution in [0.3, 0.4) is 0 Å². The minimum absolute atomic E-state index is 0. The lowest BCUT2D eigenvalue weighted by Gasteiger charge is -2.23. The van der Waals surface area contributed by atoms with Gasteiger partial charge in [0.15, 0.2) is 0 Å². The molecule has 1 aliphatic heterocycles. The maximum absolute atomic E-state index is 13.2. The second kappa shape index (κ2) is 12.0. The molecule has 1 amide bonds. The molecule has 0 atom stereocenters. The Morgan fingerprint density at radius 3 is 2.61 bits per heavy atom. The van der Waals surface area contributed by atoms with E-state index in [1.54, 1.807) is 30.7 Å². The molecule has 1 aliphatic rings. The number of hydrogen-bond donors (Lipinski definition) is 2. The highest BCUT2D eigenvalue weighted by Gasteiger charge is 2.19. The second-order valence-corrected chi connectivity index (χ2v) is 10.4. The standard InChI is InChI=1S/C30H37N5O.H2/c1-30(2,3)27-12-11-25(21-24(27)9-4-5-18-35-19-6-7-20-35)34-29(36)26-10-8-15-32-28(26)33-22-23-13-16-31-17-14-23;/h4,8-17,21H,5-7,18-20,22H2,1-3H3,(H,32,33)(H,34,36);1H/b9-4+;. The van der Waals surface area contributed by atoms with Gasteiger partial charge in [-0.2, -0.15) is 0 Å². The average molecular weight is 486 g/mol. The first kappa shape index (κ1) is 25.6. The summed E-state index contributed by atoms with van der Waals surface area (Å²) < 4.78 is 0. The third-order valence-corrected chi connectivity index (χ3v) is 6.49. The van der Waals surface area contributed by atoms with Crippen LogP contribution in [0.4, 0.5) is 11.5 Å². The van der Waals surface area contributed by atoms with Crippen LogP contribution in [-0.4, -0.2) is 40.4 Å². The predicted octanol–water partition coefficient (Wildman–Crippen LogP) is 6.38. The van der Waals surface area contributed by atoms with E-state index >= 15 is 0 Å². The van der Waals surface area contributed by atoms with Crippen molar-refractivity contribution in [3.8, 4) is 0 Å². The van der Waals surface area contributed by atoms with Crippen molar-refractivity contribution in [2.45, 2.75) is 52.0 Å². The van der Waals surface area contributed by atoms with Crippen LogP contribution >= 0.6 is 0 Å². The number of amides is 1. The van der Waals surface area contributed by atoms with Crippen LogP contribution in [0.1, 0.15) is 68.5 Å². The molecule has 1 saturated heterocycles. The molecular formula is C30H39N5O. The van der Waals surface area contributed by atoms with E-state index in [-0.39, 0.29) is 12.7 Å². The van der Waals surface area contributed by atoms with E-state index in [0.29, 0.717) is 17.9 Å². The lowest BCUT2D eigenvalue weighted by molar-refractivity contribution is 0.102. The van der Waals surface area contributed by atoms with Crippen LogP contribution in [0.15, 0.2) is 67.1 Å². The Kier molecular flexibility index (Phi) is 8.49. The summed E-state index contributed by atoms with van der Waals surface area (Å²) >= 11 is 0. The maximum atomic E-state index is 13.2. The van der Waals surface area contributed by atoms with Crippen LogP contribution in [-0.2, 0) is 12.0 Å². The van der Waals surface area contributed by atoms with Crippen molar-refractivity contribution in [2.24, 2.45) is 0 Å². The summed E-state index contributed by atoms with van der Waals surface area (Å²) in [5.41, 5.74) is 4.76. The van der Waals surface area contributed by atoms with E-state index in [2.05, 4.69) is 70.6 Å². The van der Waals surface area contributed by atoms with Gasteiger partial charge in [0.25, 0.3) is 5.91 Å². The number of carbonyl (C=O) groups is 1. The van der Waals surface area contributed by atoms with Crippen LogP contribution in [0.2, 0.25) is 0 Å². The minimum atomic E-state index is -0.187. The number of benzene rings is 1. The van der Waals surface area contributed by atoms with Crippen molar-refractivity contribution in [1.29, 1.82) is 0 Å².